The van der Waals surface area contributed by atoms with Gasteiger partial charge in [0.2, 0.25) is 0 Å². The Morgan fingerprint density at radius 1 is 1.39 bits per heavy atom. The lowest BCUT2D eigenvalue weighted by atomic mass is 10.2. The second-order valence-electron chi connectivity index (χ2n) is 3.51. The third-order valence-corrected chi connectivity index (χ3v) is 3.22. The maximum absolute atomic E-state index is 13.3. The zero-order valence-electron chi connectivity index (χ0n) is 8.86. The Balaban J connectivity index is 3.00. The molecule has 102 valence electrons. The van der Waals surface area contributed by atoms with Crippen molar-refractivity contribution in [3.8, 4) is 0 Å². The van der Waals surface area contributed by atoms with Crippen LogP contribution in [0, 0.1) is 5.82 Å². The smallest absolute Gasteiger partial charge is 0.390 e. The molecular formula is C10H9BrClF4NO. The molecule has 1 aromatic rings. The summed E-state index contributed by atoms with van der Waals surface area (Å²) in [6, 6.07) is 1.15. The molecule has 0 aliphatic heterocycles. The van der Waals surface area contributed by atoms with Crippen LogP contribution in [0.25, 0.3) is 0 Å². The normalized spacial score (nSPS) is 13.5. The summed E-state index contributed by atoms with van der Waals surface area (Å²) in [6.07, 6.45) is -5.57. The van der Waals surface area contributed by atoms with Crippen molar-refractivity contribution in [1.29, 1.82) is 0 Å². The number of alkyl halides is 4. The van der Waals surface area contributed by atoms with Gasteiger partial charge in [0.25, 0.3) is 0 Å². The van der Waals surface area contributed by atoms with Crippen LogP contribution in [0.15, 0.2) is 16.6 Å². The van der Waals surface area contributed by atoms with Crippen LogP contribution in [0.3, 0.4) is 0 Å². The lowest BCUT2D eigenvalue weighted by Gasteiger charge is -2.15. The highest BCUT2D eigenvalue weighted by atomic mass is 79.9. The van der Waals surface area contributed by atoms with Gasteiger partial charge in [-0.3, -0.25) is 0 Å². The van der Waals surface area contributed by atoms with E-state index in [1.54, 1.807) is 0 Å². The van der Waals surface area contributed by atoms with Crippen LogP contribution in [0.1, 0.15) is 5.56 Å². The number of anilines is 1. The fourth-order valence-corrected chi connectivity index (χ4v) is 1.64. The maximum atomic E-state index is 13.3. The largest absolute Gasteiger partial charge is 0.416 e. The lowest BCUT2D eigenvalue weighted by molar-refractivity contribution is -0.137. The topological polar surface area (TPSA) is 32.3 Å². The van der Waals surface area contributed by atoms with E-state index in [0.717, 1.165) is 6.07 Å². The summed E-state index contributed by atoms with van der Waals surface area (Å²) in [4.78, 5) is 0. The van der Waals surface area contributed by atoms with E-state index in [9.17, 15) is 22.7 Å². The lowest BCUT2D eigenvalue weighted by Crippen LogP contribution is -2.21. The minimum atomic E-state index is -4.64. The number of benzene rings is 1. The van der Waals surface area contributed by atoms with Crippen molar-refractivity contribution < 1.29 is 22.7 Å². The van der Waals surface area contributed by atoms with Crippen LogP contribution in [0.5, 0.6) is 0 Å². The molecule has 1 aromatic carbocycles. The van der Waals surface area contributed by atoms with Gasteiger partial charge in [-0.05, 0) is 28.1 Å². The zero-order chi connectivity index (χ0) is 13.9. The third kappa shape index (κ3) is 4.00. The fourth-order valence-electron chi connectivity index (χ4n) is 1.16. The van der Waals surface area contributed by atoms with Crippen molar-refractivity contribution in [2.24, 2.45) is 0 Å². The highest BCUT2D eigenvalue weighted by Gasteiger charge is 2.32. The molecule has 2 nitrogen and oxygen atoms in total. The summed E-state index contributed by atoms with van der Waals surface area (Å²) in [6.45, 7) is -0.0805. The molecule has 0 fully saturated rings. The summed E-state index contributed by atoms with van der Waals surface area (Å²) in [7, 11) is 0. The van der Waals surface area contributed by atoms with Gasteiger partial charge in [0.05, 0.1) is 27.7 Å². The van der Waals surface area contributed by atoms with Crippen molar-refractivity contribution in [3.05, 3.63) is 28.0 Å². The Labute approximate surface area is 114 Å². The molecule has 0 radical (unpaired) electrons. The van der Waals surface area contributed by atoms with Crippen molar-refractivity contribution in [2.45, 2.75) is 12.3 Å². The predicted molar refractivity (Wildman–Crippen MR) is 64.3 cm³/mol. The number of hydrogen-bond acceptors (Lipinski definition) is 2. The van der Waals surface area contributed by atoms with Gasteiger partial charge >= 0.3 is 6.18 Å². The Morgan fingerprint density at radius 3 is 2.50 bits per heavy atom. The van der Waals surface area contributed by atoms with Crippen LogP contribution in [0.2, 0.25) is 0 Å². The van der Waals surface area contributed by atoms with E-state index in [-0.39, 0.29) is 22.6 Å². The Bertz CT molecular complexity index is 427. The first kappa shape index (κ1) is 15.5. The molecule has 0 spiro atoms. The molecule has 1 unspecified atom stereocenters. The van der Waals surface area contributed by atoms with Crippen LogP contribution in [0.4, 0.5) is 23.2 Å². The SMILES string of the molecule is OC(CCl)CNc1cc(C(F)(F)F)cc(F)c1Br. The number of rotatable bonds is 4. The first-order chi connectivity index (χ1) is 8.25. The second kappa shape index (κ2) is 6.08. The Hall–Kier alpha value is -0.530. The third-order valence-electron chi connectivity index (χ3n) is 2.06. The molecule has 1 rings (SSSR count). The van der Waals surface area contributed by atoms with Crippen LogP contribution >= 0.6 is 27.5 Å². The summed E-state index contributed by atoms with van der Waals surface area (Å²) < 4.78 is 50.6. The predicted octanol–water partition coefficient (Wildman–Crippen LogP) is 3.62. The quantitative estimate of drug-likeness (QED) is 0.642. The van der Waals surface area contributed by atoms with Crippen molar-refractivity contribution in [1.82, 2.24) is 0 Å². The first-order valence-corrected chi connectivity index (χ1v) is 6.12. The molecule has 0 bridgehead atoms. The molecule has 0 aliphatic rings. The zero-order valence-corrected chi connectivity index (χ0v) is 11.2. The summed E-state index contributed by atoms with van der Waals surface area (Å²) in [5.41, 5.74) is -1.20. The molecule has 1 atom stereocenters. The monoisotopic (exact) mass is 349 g/mol. The summed E-state index contributed by atoms with van der Waals surface area (Å²) in [5, 5.41) is 11.7. The van der Waals surface area contributed by atoms with Gasteiger partial charge in [0.1, 0.15) is 5.82 Å². The van der Waals surface area contributed by atoms with Gasteiger partial charge < -0.3 is 10.4 Å². The first-order valence-electron chi connectivity index (χ1n) is 4.80. The van der Waals surface area contributed by atoms with E-state index in [2.05, 4.69) is 21.2 Å². The van der Waals surface area contributed by atoms with Gasteiger partial charge in [0.15, 0.2) is 0 Å². The number of aliphatic hydroxyl groups is 1. The van der Waals surface area contributed by atoms with Gasteiger partial charge in [-0.25, -0.2) is 4.39 Å². The highest BCUT2D eigenvalue weighted by Crippen LogP contribution is 2.35. The van der Waals surface area contributed by atoms with Crippen molar-refractivity contribution in [2.75, 3.05) is 17.7 Å². The summed E-state index contributed by atoms with van der Waals surface area (Å²) in [5.74, 6) is -1.11. The van der Waals surface area contributed by atoms with Gasteiger partial charge in [0, 0.05) is 6.54 Å². The Kier molecular flexibility index (Phi) is 5.24. The van der Waals surface area contributed by atoms with E-state index < -0.39 is 23.7 Å². The minimum absolute atomic E-state index is 0.0773. The van der Waals surface area contributed by atoms with Crippen molar-refractivity contribution >= 4 is 33.2 Å². The van der Waals surface area contributed by atoms with E-state index in [0.29, 0.717) is 6.07 Å². The van der Waals surface area contributed by atoms with Gasteiger partial charge in [-0.1, -0.05) is 0 Å². The van der Waals surface area contributed by atoms with Crippen molar-refractivity contribution in [3.63, 3.8) is 0 Å². The molecule has 0 aromatic heterocycles. The van der Waals surface area contributed by atoms with Crippen LogP contribution < -0.4 is 5.32 Å². The molecule has 2 N–H and O–H groups in total. The van der Waals surface area contributed by atoms with E-state index in [1.807, 2.05) is 0 Å². The number of hydrogen-bond donors (Lipinski definition) is 2. The van der Waals surface area contributed by atoms with Gasteiger partial charge in [-0.15, -0.1) is 11.6 Å². The molecule has 18 heavy (non-hydrogen) atoms. The standard InChI is InChI=1S/C10H9BrClF4NO/c11-9-7(13)1-5(10(14,15)16)2-8(9)17-4-6(18)3-12/h1-2,6,17-18H,3-4H2. The highest BCUT2D eigenvalue weighted by molar-refractivity contribution is 9.10. The molecule has 0 heterocycles. The number of aliphatic hydroxyl groups excluding tert-OH is 1. The van der Waals surface area contributed by atoms with E-state index in [1.165, 1.54) is 0 Å². The molecule has 0 saturated heterocycles. The average Bonchev–Trinajstić information content (AvgIpc) is 2.28. The van der Waals surface area contributed by atoms with Crippen LogP contribution in [-0.2, 0) is 6.18 Å². The average molecular weight is 351 g/mol. The van der Waals surface area contributed by atoms with Gasteiger partial charge in [-0.2, -0.15) is 13.2 Å². The van der Waals surface area contributed by atoms with E-state index >= 15 is 0 Å². The van der Waals surface area contributed by atoms with Crippen LogP contribution in [-0.4, -0.2) is 23.6 Å². The molecular weight excluding hydrogens is 341 g/mol. The summed E-state index contributed by atoms with van der Waals surface area (Å²) >= 11 is 8.17. The molecule has 0 aliphatic carbocycles. The Morgan fingerprint density at radius 2 is 2.00 bits per heavy atom. The number of halogens is 6. The molecule has 8 heteroatoms. The molecule has 0 amide bonds. The molecule has 0 saturated carbocycles. The second-order valence-corrected chi connectivity index (χ2v) is 4.61. The minimum Gasteiger partial charge on any atom is -0.390 e. The fraction of sp³-hybridized carbons (Fsp3) is 0.400. The van der Waals surface area contributed by atoms with E-state index in [4.69, 9.17) is 11.6 Å². The maximum Gasteiger partial charge on any atom is 0.416 e. The number of nitrogens with one attached hydrogen (secondary N) is 1.